The van der Waals surface area contributed by atoms with Crippen LogP contribution in [0.5, 0.6) is 0 Å². The second kappa shape index (κ2) is 5.56. The number of rotatable bonds is 4. The van der Waals surface area contributed by atoms with Crippen LogP contribution >= 0.6 is 0 Å². The molecular formula is C13H12F2N2O2S. The van der Waals surface area contributed by atoms with Gasteiger partial charge in [0, 0.05) is 5.56 Å². The lowest BCUT2D eigenvalue weighted by Gasteiger charge is -2.21. The van der Waals surface area contributed by atoms with Crippen LogP contribution in [0.3, 0.4) is 0 Å². The summed E-state index contributed by atoms with van der Waals surface area (Å²) in [6.45, 7) is 0.542. The molecule has 0 aliphatic carbocycles. The zero-order valence-electron chi connectivity index (χ0n) is 10.4. The number of sulfonamides is 1. The van der Waals surface area contributed by atoms with Crippen molar-refractivity contribution in [3.8, 4) is 0 Å². The molecule has 0 heterocycles. The molecule has 4 nitrogen and oxygen atoms in total. The molecular weight excluding hydrogens is 286 g/mol. The van der Waals surface area contributed by atoms with Gasteiger partial charge in [-0.3, -0.25) is 0 Å². The van der Waals surface area contributed by atoms with Gasteiger partial charge in [-0.15, -0.1) is 5.69 Å². The van der Waals surface area contributed by atoms with E-state index in [1.54, 1.807) is 12.1 Å². The molecule has 7 heteroatoms. The SMILES string of the molecule is [NH3+]Cc1ccc(S(=O)(=O)[N-]c2ccc(F)c(F)c2)cc1. The normalized spacial score (nSPS) is 11.3. The third-order valence-corrected chi connectivity index (χ3v) is 3.96. The monoisotopic (exact) mass is 298 g/mol. The van der Waals surface area contributed by atoms with Gasteiger partial charge in [-0.05, 0) is 24.3 Å². The van der Waals surface area contributed by atoms with Gasteiger partial charge < -0.3 is 10.5 Å². The summed E-state index contributed by atoms with van der Waals surface area (Å²) in [5.41, 5.74) is 4.41. The molecule has 106 valence electrons. The summed E-state index contributed by atoms with van der Waals surface area (Å²) in [6, 6.07) is 8.72. The van der Waals surface area contributed by atoms with Crippen molar-refractivity contribution in [1.29, 1.82) is 0 Å². The average molecular weight is 298 g/mol. The van der Waals surface area contributed by atoms with Crippen molar-refractivity contribution in [3.05, 3.63) is 64.4 Å². The van der Waals surface area contributed by atoms with E-state index in [1.165, 1.54) is 12.1 Å². The van der Waals surface area contributed by atoms with E-state index in [2.05, 4.69) is 10.5 Å². The lowest BCUT2D eigenvalue weighted by atomic mass is 10.2. The molecule has 2 rings (SSSR count). The summed E-state index contributed by atoms with van der Waals surface area (Å²) >= 11 is 0. The summed E-state index contributed by atoms with van der Waals surface area (Å²) in [7, 11) is -3.95. The Balaban J connectivity index is 2.27. The molecule has 3 N–H and O–H groups in total. The Kier molecular flexibility index (Phi) is 4.01. The van der Waals surface area contributed by atoms with Gasteiger partial charge >= 0.3 is 0 Å². The molecule has 0 fully saturated rings. The fourth-order valence-electron chi connectivity index (χ4n) is 1.56. The molecule has 0 saturated carbocycles. The maximum Gasteiger partial charge on any atom is 0.158 e. The largest absolute Gasteiger partial charge is 0.573 e. The van der Waals surface area contributed by atoms with Gasteiger partial charge in [0.1, 0.15) is 10.0 Å². The molecule has 20 heavy (non-hydrogen) atoms. The summed E-state index contributed by atoms with van der Waals surface area (Å²) in [4.78, 5) is -0.0144. The van der Waals surface area contributed by atoms with Gasteiger partial charge in [0.25, 0.3) is 0 Å². The molecule has 0 amide bonds. The standard InChI is InChI=1S/C13H11F2N2O2S/c14-12-6-3-10(7-13(12)15)17-20(18,19)11-4-1-9(8-16)2-5-11/h1-7H,8,16H2/q-1/p+1. The van der Waals surface area contributed by atoms with Crippen LogP contribution in [0.4, 0.5) is 14.5 Å². The Labute approximate surface area is 115 Å². The molecule has 0 unspecified atom stereocenters. The van der Waals surface area contributed by atoms with Crippen molar-refractivity contribution in [3.63, 3.8) is 0 Å². The second-order valence-corrected chi connectivity index (χ2v) is 5.66. The van der Waals surface area contributed by atoms with Crippen molar-refractivity contribution in [1.82, 2.24) is 0 Å². The van der Waals surface area contributed by atoms with Crippen LogP contribution in [0.1, 0.15) is 5.56 Å². The van der Waals surface area contributed by atoms with Crippen molar-refractivity contribution < 1.29 is 22.9 Å². The number of quaternary nitrogens is 1. The lowest BCUT2D eigenvalue weighted by Crippen LogP contribution is -2.47. The molecule has 0 spiro atoms. The van der Waals surface area contributed by atoms with Crippen LogP contribution < -0.4 is 5.73 Å². The first-order valence-corrected chi connectivity index (χ1v) is 7.17. The van der Waals surface area contributed by atoms with Crippen molar-refractivity contribution >= 4 is 15.7 Å². The molecule has 0 saturated heterocycles. The highest BCUT2D eigenvalue weighted by Crippen LogP contribution is 2.28. The van der Waals surface area contributed by atoms with E-state index in [9.17, 15) is 17.2 Å². The Morgan fingerprint density at radius 1 is 1.00 bits per heavy atom. The maximum atomic E-state index is 13.0. The number of hydrogen-bond donors (Lipinski definition) is 1. The van der Waals surface area contributed by atoms with Gasteiger partial charge in [0.05, 0.1) is 11.4 Å². The van der Waals surface area contributed by atoms with Crippen LogP contribution in [-0.2, 0) is 16.6 Å². The van der Waals surface area contributed by atoms with Gasteiger partial charge in [-0.1, -0.05) is 18.2 Å². The predicted molar refractivity (Wildman–Crippen MR) is 69.6 cm³/mol. The first-order valence-electron chi connectivity index (χ1n) is 5.73. The minimum Gasteiger partial charge on any atom is -0.573 e. The number of halogens is 2. The van der Waals surface area contributed by atoms with E-state index in [-0.39, 0.29) is 10.6 Å². The third kappa shape index (κ3) is 3.12. The molecule has 2 aromatic carbocycles. The van der Waals surface area contributed by atoms with Gasteiger partial charge in [0.15, 0.2) is 11.6 Å². The summed E-state index contributed by atoms with van der Waals surface area (Å²) in [5, 5.41) is 0. The minimum absolute atomic E-state index is 0.0144. The van der Waals surface area contributed by atoms with Gasteiger partial charge in [-0.25, -0.2) is 17.2 Å². The van der Waals surface area contributed by atoms with E-state index in [0.717, 1.165) is 23.8 Å². The smallest absolute Gasteiger partial charge is 0.158 e. The number of benzene rings is 2. The Hall–Kier alpha value is -1.99. The Morgan fingerprint density at radius 3 is 2.20 bits per heavy atom. The van der Waals surface area contributed by atoms with Gasteiger partial charge in [-0.2, -0.15) is 0 Å². The topological polar surface area (TPSA) is 75.9 Å². The summed E-state index contributed by atoms with van der Waals surface area (Å²) in [5.74, 6) is -2.20. The molecule has 2 aromatic rings. The average Bonchev–Trinajstić information content (AvgIpc) is 2.43. The van der Waals surface area contributed by atoms with Crippen LogP contribution in [0.25, 0.3) is 4.72 Å². The first-order chi connectivity index (χ1) is 9.42. The highest BCUT2D eigenvalue weighted by molar-refractivity contribution is 7.94. The number of nitrogens with zero attached hydrogens (tertiary/aromatic N) is 1. The zero-order valence-corrected chi connectivity index (χ0v) is 11.2. The fourth-order valence-corrected chi connectivity index (χ4v) is 2.54. The van der Waals surface area contributed by atoms with Crippen molar-refractivity contribution in [2.45, 2.75) is 11.4 Å². The molecule has 0 bridgehead atoms. The Bertz CT molecular complexity index is 716. The molecule has 0 aromatic heterocycles. The summed E-state index contributed by atoms with van der Waals surface area (Å²) < 4.78 is 53.3. The van der Waals surface area contributed by atoms with E-state index >= 15 is 0 Å². The quantitative estimate of drug-likeness (QED) is 0.938. The highest BCUT2D eigenvalue weighted by atomic mass is 32.2. The fraction of sp³-hybridized carbons (Fsp3) is 0.0769. The zero-order chi connectivity index (χ0) is 14.8. The van der Waals surface area contributed by atoms with E-state index in [1.807, 2.05) is 0 Å². The van der Waals surface area contributed by atoms with Crippen LogP contribution in [0.2, 0.25) is 0 Å². The van der Waals surface area contributed by atoms with E-state index in [0.29, 0.717) is 6.54 Å². The lowest BCUT2D eigenvalue weighted by molar-refractivity contribution is -0.386. The first kappa shape index (κ1) is 14.4. The van der Waals surface area contributed by atoms with Crippen LogP contribution in [-0.4, -0.2) is 8.42 Å². The van der Waals surface area contributed by atoms with Crippen LogP contribution in [0.15, 0.2) is 47.4 Å². The third-order valence-electron chi connectivity index (χ3n) is 2.64. The Morgan fingerprint density at radius 2 is 1.65 bits per heavy atom. The molecule has 0 aliphatic rings. The van der Waals surface area contributed by atoms with Gasteiger partial charge in [0.2, 0.25) is 0 Å². The highest BCUT2D eigenvalue weighted by Gasteiger charge is 2.06. The molecule has 0 aliphatic heterocycles. The summed E-state index contributed by atoms with van der Waals surface area (Å²) in [6.07, 6.45) is 0. The van der Waals surface area contributed by atoms with Crippen LogP contribution in [0, 0.1) is 11.6 Å². The second-order valence-electron chi connectivity index (χ2n) is 4.06. The maximum absolute atomic E-state index is 13.0. The molecule has 0 atom stereocenters. The van der Waals surface area contributed by atoms with Crippen molar-refractivity contribution in [2.24, 2.45) is 0 Å². The van der Waals surface area contributed by atoms with E-state index in [4.69, 9.17) is 0 Å². The molecule has 0 radical (unpaired) electrons. The minimum atomic E-state index is -3.95. The number of hydrogen-bond acceptors (Lipinski definition) is 2. The predicted octanol–water partition coefficient (Wildman–Crippen LogP) is 2.10. The van der Waals surface area contributed by atoms with Crippen molar-refractivity contribution in [2.75, 3.05) is 0 Å². The van der Waals surface area contributed by atoms with E-state index < -0.39 is 21.7 Å².